The van der Waals surface area contributed by atoms with Crippen molar-refractivity contribution in [3.63, 3.8) is 0 Å². The van der Waals surface area contributed by atoms with Gasteiger partial charge in [0.05, 0.1) is 22.7 Å². The molecule has 0 spiro atoms. The molecule has 3 heterocycles. The minimum Gasteiger partial charge on any atom is -0.450 e. The number of nitrogens with zero attached hydrogens (tertiary/aromatic N) is 2. The Morgan fingerprint density at radius 1 is 1.10 bits per heavy atom. The van der Waals surface area contributed by atoms with Crippen LogP contribution in [0.2, 0.25) is 0 Å². The summed E-state index contributed by atoms with van der Waals surface area (Å²) in [6.07, 6.45) is 0. The Labute approximate surface area is 178 Å². The summed E-state index contributed by atoms with van der Waals surface area (Å²) < 4.78 is 6.73. The summed E-state index contributed by atoms with van der Waals surface area (Å²) in [4.78, 5) is 32.9. The molecule has 1 aliphatic rings. The van der Waals surface area contributed by atoms with Gasteiger partial charge >= 0.3 is 0 Å². The van der Waals surface area contributed by atoms with Crippen LogP contribution in [0, 0.1) is 13.8 Å². The molecule has 0 saturated carbocycles. The summed E-state index contributed by atoms with van der Waals surface area (Å²) >= 11 is 4.79. The van der Waals surface area contributed by atoms with Gasteiger partial charge in [0.1, 0.15) is 5.58 Å². The SMILES string of the molecule is Cc1ccc([C@H]2c3c(oc4ccc(Br)cc4c3=O)C(=O)N2c2nc(C)cs2)cc1. The second kappa shape index (κ2) is 6.64. The van der Waals surface area contributed by atoms with Crippen molar-refractivity contribution in [2.75, 3.05) is 4.90 Å². The van der Waals surface area contributed by atoms with E-state index in [0.29, 0.717) is 21.7 Å². The lowest BCUT2D eigenvalue weighted by Gasteiger charge is -2.22. The number of anilines is 1. The molecule has 0 fully saturated rings. The van der Waals surface area contributed by atoms with Crippen molar-refractivity contribution in [2.45, 2.75) is 19.9 Å². The van der Waals surface area contributed by atoms with Crippen LogP contribution in [-0.2, 0) is 0 Å². The fraction of sp³-hybridized carbons (Fsp3) is 0.136. The second-order valence-electron chi connectivity index (χ2n) is 7.07. The van der Waals surface area contributed by atoms with Crippen molar-refractivity contribution in [1.82, 2.24) is 4.98 Å². The molecule has 29 heavy (non-hydrogen) atoms. The molecular formula is C22H15BrN2O3S. The fourth-order valence-electron chi connectivity index (χ4n) is 3.66. The maximum Gasteiger partial charge on any atom is 0.297 e. The van der Waals surface area contributed by atoms with Gasteiger partial charge in [-0.15, -0.1) is 11.3 Å². The number of carbonyl (C=O) groups is 1. The van der Waals surface area contributed by atoms with E-state index in [1.807, 2.05) is 43.5 Å². The minimum atomic E-state index is -0.580. The van der Waals surface area contributed by atoms with Crippen LogP contribution in [0.15, 0.2) is 61.5 Å². The van der Waals surface area contributed by atoms with Crippen molar-refractivity contribution in [3.05, 3.63) is 90.7 Å². The Morgan fingerprint density at radius 2 is 1.86 bits per heavy atom. The molecule has 5 rings (SSSR count). The number of benzene rings is 2. The number of halogens is 1. The number of carbonyl (C=O) groups excluding carboxylic acids is 1. The molecule has 1 atom stereocenters. The van der Waals surface area contributed by atoms with Crippen LogP contribution in [0.5, 0.6) is 0 Å². The van der Waals surface area contributed by atoms with E-state index >= 15 is 0 Å². The van der Waals surface area contributed by atoms with Crippen molar-refractivity contribution in [1.29, 1.82) is 0 Å². The zero-order valence-corrected chi connectivity index (χ0v) is 18.0. The highest BCUT2D eigenvalue weighted by Crippen LogP contribution is 2.42. The first-order chi connectivity index (χ1) is 13.9. The Hall–Kier alpha value is -2.77. The summed E-state index contributed by atoms with van der Waals surface area (Å²) in [5.41, 5.74) is 3.33. The summed E-state index contributed by atoms with van der Waals surface area (Å²) in [5.74, 6) is -0.259. The molecule has 0 aliphatic carbocycles. The summed E-state index contributed by atoms with van der Waals surface area (Å²) in [6.45, 7) is 3.88. The van der Waals surface area contributed by atoms with Crippen LogP contribution < -0.4 is 10.3 Å². The van der Waals surface area contributed by atoms with Crippen LogP contribution in [0.3, 0.4) is 0 Å². The van der Waals surface area contributed by atoms with E-state index in [1.165, 1.54) is 11.3 Å². The third kappa shape index (κ3) is 2.84. The average molecular weight is 467 g/mol. The first kappa shape index (κ1) is 18.3. The van der Waals surface area contributed by atoms with Gasteiger partial charge < -0.3 is 4.42 Å². The molecular weight excluding hydrogens is 452 g/mol. The second-order valence-corrected chi connectivity index (χ2v) is 8.83. The third-order valence-electron chi connectivity index (χ3n) is 5.04. The lowest BCUT2D eigenvalue weighted by Crippen LogP contribution is -2.29. The van der Waals surface area contributed by atoms with Crippen molar-refractivity contribution >= 4 is 49.3 Å². The molecule has 4 aromatic rings. The van der Waals surface area contributed by atoms with Gasteiger partial charge in [-0.25, -0.2) is 4.98 Å². The molecule has 1 amide bonds. The molecule has 0 saturated heterocycles. The molecule has 1 aliphatic heterocycles. The predicted octanol–water partition coefficient (Wildman–Crippen LogP) is 5.38. The zero-order valence-electron chi connectivity index (χ0n) is 15.6. The smallest absolute Gasteiger partial charge is 0.297 e. The van der Waals surface area contributed by atoms with Crippen LogP contribution in [-0.4, -0.2) is 10.9 Å². The van der Waals surface area contributed by atoms with E-state index in [-0.39, 0.29) is 17.1 Å². The summed E-state index contributed by atoms with van der Waals surface area (Å²) in [5, 5.41) is 2.88. The lowest BCUT2D eigenvalue weighted by atomic mass is 9.98. The quantitative estimate of drug-likeness (QED) is 0.397. The van der Waals surface area contributed by atoms with Crippen molar-refractivity contribution in [2.24, 2.45) is 0 Å². The Bertz CT molecular complexity index is 1340. The number of hydrogen-bond donors (Lipinski definition) is 0. The van der Waals surface area contributed by atoms with E-state index in [1.54, 1.807) is 23.1 Å². The number of aryl methyl sites for hydroxylation is 2. The van der Waals surface area contributed by atoms with E-state index in [0.717, 1.165) is 21.3 Å². The van der Waals surface area contributed by atoms with Gasteiger partial charge in [-0.3, -0.25) is 14.5 Å². The number of amides is 1. The van der Waals surface area contributed by atoms with Crippen LogP contribution >= 0.6 is 27.3 Å². The maximum absolute atomic E-state index is 13.5. The van der Waals surface area contributed by atoms with Crippen molar-refractivity contribution < 1.29 is 9.21 Å². The molecule has 7 heteroatoms. The average Bonchev–Trinajstić information content (AvgIpc) is 3.25. The van der Waals surface area contributed by atoms with Crippen molar-refractivity contribution in [3.8, 4) is 0 Å². The molecule has 2 aromatic carbocycles. The summed E-state index contributed by atoms with van der Waals surface area (Å²) in [6, 6.07) is 12.5. The highest BCUT2D eigenvalue weighted by atomic mass is 79.9. The maximum atomic E-state index is 13.5. The third-order valence-corrected chi connectivity index (χ3v) is 6.49. The molecule has 0 bridgehead atoms. The van der Waals surface area contributed by atoms with Crippen LogP contribution in [0.4, 0.5) is 5.13 Å². The molecule has 0 N–H and O–H groups in total. The summed E-state index contributed by atoms with van der Waals surface area (Å²) in [7, 11) is 0. The number of fused-ring (bicyclic) bond motifs is 2. The normalized spacial score (nSPS) is 15.9. The highest BCUT2D eigenvalue weighted by molar-refractivity contribution is 9.10. The Balaban J connectivity index is 1.83. The molecule has 5 nitrogen and oxygen atoms in total. The van der Waals surface area contributed by atoms with Gasteiger partial charge in [0.25, 0.3) is 5.91 Å². The molecule has 0 unspecified atom stereocenters. The molecule has 2 aromatic heterocycles. The van der Waals surface area contributed by atoms with E-state index in [4.69, 9.17) is 4.42 Å². The monoisotopic (exact) mass is 466 g/mol. The Kier molecular flexibility index (Phi) is 4.18. The van der Waals surface area contributed by atoms with E-state index in [9.17, 15) is 9.59 Å². The van der Waals surface area contributed by atoms with Gasteiger partial charge in [0.2, 0.25) is 5.76 Å². The fourth-order valence-corrected chi connectivity index (χ4v) is 4.85. The Morgan fingerprint density at radius 3 is 2.55 bits per heavy atom. The first-order valence-corrected chi connectivity index (χ1v) is 10.7. The number of rotatable bonds is 2. The van der Waals surface area contributed by atoms with Gasteiger partial charge in [0, 0.05) is 9.85 Å². The van der Waals surface area contributed by atoms with Crippen LogP contribution in [0.1, 0.15) is 39.0 Å². The first-order valence-electron chi connectivity index (χ1n) is 9.02. The topological polar surface area (TPSA) is 63.4 Å². The number of hydrogen-bond acceptors (Lipinski definition) is 5. The van der Waals surface area contributed by atoms with E-state index in [2.05, 4.69) is 20.9 Å². The van der Waals surface area contributed by atoms with Crippen LogP contribution in [0.25, 0.3) is 11.0 Å². The highest BCUT2D eigenvalue weighted by Gasteiger charge is 2.44. The van der Waals surface area contributed by atoms with Gasteiger partial charge in [0.15, 0.2) is 10.6 Å². The number of thiazole rings is 1. The predicted molar refractivity (Wildman–Crippen MR) is 117 cm³/mol. The molecule has 144 valence electrons. The van der Waals surface area contributed by atoms with Gasteiger partial charge in [-0.05, 0) is 37.6 Å². The minimum absolute atomic E-state index is 0.0863. The van der Waals surface area contributed by atoms with E-state index < -0.39 is 6.04 Å². The zero-order chi connectivity index (χ0) is 20.3. The lowest BCUT2D eigenvalue weighted by molar-refractivity contribution is 0.0971. The number of aromatic nitrogens is 1. The van der Waals surface area contributed by atoms with Gasteiger partial charge in [-0.2, -0.15) is 0 Å². The standard InChI is InChI=1S/C22H15BrN2O3S/c1-11-3-5-13(6-4-11)18-17-19(26)15-9-14(23)7-8-16(15)28-20(17)21(27)25(18)22-24-12(2)10-29-22/h3-10,18H,1-2H3/t18-/m0/s1. The molecule has 0 radical (unpaired) electrons. The largest absolute Gasteiger partial charge is 0.450 e. The van der Waals surface area contributed by atoms with Gasteiger partial charge in [-0.1, -0.05) is 45.8 Å².